The van der Waals surface area contributed by atoms with Crippen LogP contribution in [0.4, 0.5) is 5.69 Å². The average Bonchev–Trinajstić information content (AvgIpc) is 2.82. The molecule has 0 unspecified atom stereocenters. The van der Waals surface area contributed by atoms with E-state index in [1.807, 2.05) is 75.4 Å². The molecule has 0 heterocycles. The van der Waals surface area contributed by atoms with Crippen molar-refractivity contribution in [3.63, 3.8) is 0 Å². The van der Waals surface area contributed by atoms with Crippen LogP contribution in [0.25, 0.3) is 0 Å². The highest BCUT2D eigenvalue weighted by Crippen LogP contribution is 2.22. The minimum absolute atomic E-state index is 0.105. The quantitative estimate of drug-likeness (QED) is 0.344. The smallest absolute Gasteiger partial charge is 0.273 e. The van der Waals surface area contributed by atoms with Crippen molar-refractivity contribution in [3.8, 4) is 0 Å². The van der Waals surface area contributed by atoms with Crippen molar-refractivity contribution < 1.29 is 14.5 Å². The molecular weight excluding hydrogens is 442 g/mol. The van der Waals surface area contributed by atoms with Crippen LogP contribution < -0.4 is 5.32 Å². The summed E-state index contributed by atoms with van der Waals surface area (Å²) in [5.74, 6) is -0.601. The van der Waals surface area contributed by atoms with Gasteiger partial charge in [-0.1, -0.05) is 72.8 Å². The van der Waals surface area contributed by atoms with E-state index >= 15 is 0 Å². The zero-order valence-corrected chi connectivity index (χ0v) is 20.3. The molecule has 0 saturated heterocycles. The van der Waals surface area contributed by atoms with E-state index in [1.54, 1.807) is 23.1 Å². The van der Waals surface area contributed by atoms with Gasteiger partial charge in [0.1, 0.15) is 6.04 Å². The molecule has 7 heteroatoms. The number of benzene rings is 3. The summed E-state index contributed by atoms with van der Waals surface area (Å²) in [6, 6.07) is 22.6. The lowest BCUT2D eigenvalue weighted by atomic mass is 10.00. The average molecular weight is 474 g/mol. The van der Waals surface area contributed by atoms with Gasteiger partial charge in [0.05, 0.1) is 11.3 Å². The number of aryl methyl sites for hydroxylation is 1. The summed E-state index contributed by atoms with van der Waals surface area (Å²) in [5.41, 5.74) is 3.05. The van der Waals surface area contributed by atoms with Crippen molar-refractivity contribution in [2.75, 3.05) is 0 Å². The number of nitrogens with zero attached hydrogens (tertiary/aromatic N) is 2. The Bertz CT molecular complexity index is 1180. The Morgan fingerprint density at radius 3 is 2.14 bits per heavy atom. The summed E-state index contributed by atoms with van der Waals surface area (Å²) >= 11 is 0. The van der Waals surface area contributed by atoms with E-state index in [-0.39, 0.29) is 36.5 Å². The SMILES string of the molecule is Cc1ccccc1CN(C(=O)Cc1ccccc1[N+](=O)[O-])[C@@H](Cc1ccccc1)C(=O)NC(C)C. The van der Waals surface area contributed by atoms with E-state index in [1.165, 1.54) is 6.07 Å². The minimum atomic E-state index is -0.783. The Labute approximate surface area is 205 Å². The molecule has 35 heavy (non-hydrogen) atoms. The number of para-hydroxylation sites is 1. The molecule has 0 bridgehead atoms. The molecule has 0 aliphatic heterocycles. The number of rotatable bonds is 10. The Morgan fingerprint density at radius 1 is 0.914 bits per heavy atom. The molecular formula is C28H31N3O4. The molecule has 0 spiro atoms. The molecule has 0 saturated carbocycles. The molecule has 0 fully saturated rings. The fourth-order valence-electron chi connectivity index (χ4n) is 4.01. The van der Waals surface area contributed by atoms with Crippen LogP contribution in [0.5, 0.6) is 0 Å². The van der Waals surface area contributed by atoms with Gasteiger partial charge in [-0.05, 0) is 37.5 Å². The van der Waals surface area contributed by atoms with Crippen LogP contribution in [0.3, 0.4) is 0 Å². The Kier molecular flexibility index (Phi) is 8.73. The van der Waals surface area contributed by atoms with Gasteiger partial charge in [-0.15, -0.1) is 0 Å². The van der Waals surface area contributed by atoms with Crippen LogP contribution in [0.2, 0.25) is 0 Å². The Morgan fingerprint density at radius 2 is 1.51 bits per heavy atom. The van der Waals surface area contributed by atoms with Crippen LogP contribution >= 0.6 is 0 Å². The molecule has 0 aromatic heterocycles. The van der Waals surface area contributed by atoms with E-state index in [9.17, 15) is 19.7 Å². The molecule has 3 aromatic rings. The first-order valence-electron chi connectivity index (χ1n) is 11.7. The van der Waals surface area contributed by atoms with Crippen LogP contribution in [0.1, 0.15) is 36.1 Å². The highest BCUT2D eigenvalue weighted by atomic mass is 16.6. The van der Waals surface area contributed by atoms with Crippen LogP contribution in [0, 0.1) is 17.0 Å². The van der Waals surface area contributed by atoms with Gasteiger partial charge < -0.3 is 10.2 Å². The first-order chi connectivity index (χ1) is 16.8. The first-order valence-corrected chi connectivity index (χ1v) is 11.7. The van der Waals surface area contributed by atoms with E-state index in [0.29, 0.717) is 12.0 Å². The van der Waals surface area contributed by atoms with Crippen LogP contribution in [0.15, 0.2) is 78.9 Å². The number of carbonyl (C=O) groups excluding carboxylic acids is 2. The van der Waals surface area contributed by atoms with E-state index in [0.717, 1.165) is 16.7 Å². The van der Waals surface area contributed by atoms with E-state index in [2.05, 4.69) is 5.32 Å². The lowest BCUT2D eigenvalue weighted by Gasteiger charge is -2.32. The lowest BCUT2D eigenvalue weighted by molar-refractivity contribution is -0.385. The third-order valence-corrected chi connectivity index (χ3v) is 5.83. The lowest BCUT2D eigenvalue weighted by Crippen LogP contribution is -2.52. The van der Waals surface area contributed by atoms with Gasteiger partial charge in [-0.2, -0.15) is 0 Å². The van der Waals surface area contributed by atoms with E-state index in [4.69, 9.17) is 0 Å². The maximum absolute atomic E-state index is 13.7. The van der Waals surface area contributed by atoms with Crippen LogP contribution in [-0.4, -0.2) is 33.7 Å². The zero-order chi connectivity index (χ0) is 25.4. The normalized spacial score (nSPS) is 11.7. The fourth-order valence-corrected chi connectivity index (χ4v) is 4.01. The molecule has 2 amide bonds. The second-order valence-corrected chi connectivity index (χ2v) is 8.88. The molecule has 182 valence electrons. The predicted octanol–water partition coefficient (Wildman–Crippen LogP) is 4.61. The van der Waals surface area contributed by atoms with Crippen molar-refractivity contribution in [1.82, 2.24) is 10.2 Å². The maximum Gasteiger partial charge on any atom is 0.273 e. The monoisotopic (exact) mass is 473 g/mol. The van der Waals surface area contributed by atoms with Crippen molar-refractivity contribution in [2.24, 2.45) is 0 Å². The number of nitro groups is 1. The van der Waals surface area contributed by atoms with Gasteiger partial charge in [0.2, 0.25) is 11.8 Å². The molecule has 0 aliphatic carbocycles. The molecule has 7 nitrogen and oxygen atoms in total. The van der Waals surface area contributed by atoms with Crippen LogP contribution in [-0.2, 0) is 29.0 Å². The van der Waals surface area contributed by atoms with Gasteiger partial charge in [0, 0.05) is 30.6 Å². The second-order valence-electron chi connectivity index (χ2n) is 8.88. The van der Waals surface area contributed by atoms with Gasteiger partial charge in [-0.25, -0.2) is 0 Å². The van der Waals surface area contributed by atoms with E-state index < -0.39 is 11.0 Å². The van der Waals surface area contributed by atoms with Gasteiger partial charge >= 0.3 is 0 Å². The summed E-state index contributed by atoms with van der Waals surface area (Å²) in [7, 11) is 0. The molecule has 3 aromatic carbocycles. The summed E-state index contributed by atoms with van der Waals surface area (Å²) in [6.07, 6.45) is 0.150. The maximum atomic E-state index is 13.7. The summed E-state index contributed by atoms with van der Waals surface area (Å²) < 4.78 is 0. The number of nitro benzene ring substituents is 1. The Balaban J connectivity index is 2.02. The topological polar surface area (TPSA) is 92.6 Å². The van der Waals surface area contributed by atoms with Crippen molar-refractivity contribution in [2.45, 2.75) is 52.2 Å². The standard InChI is InChI=1S/C28H31N3O4/c1-20(2)29-28(33)26(17-22-12-5-4-6-13-22)30(19-24-15-8-7-11-21(24)3)27(32)18-23-14-9-10-16-25(23)31(34)35/h4-16,20,26H,17-19H2,1-3H3,(H,29,33)/t26-/m0/s1. The third-order valence-electron chi connectivity index (χ3n) is 5.83. The molecule has 0 aliphatic rings. The van der Waals surface area contributed by atoms with Gasteiger partial charge in [0.25, 0.3) is 5.69 Å². The fraction of sp³-hybridized carbons (Fsp3) is 0.286. The summed E-state index contributed by atoms with van der Waals surface area (Å²) in [5, 5.41) is 14.5. The summed E-state index contributed by atoms with van der Waals surface area (Å²) in [4.78, 5) is 39.7. The molecule has 1 atom stereocenters. The number of nitrogens with one attached hydrogen (secondary N) is 1. The predicted molar refractivity (Wildman–Crippen MR) is 136 cm³/mol. The number of carbonyl (C=O) groups is 2. The molecule has 1 N–H and O–H groups in total. The minimum Gasteiger partial charge on any atom is -0.352 e. The Hall–Kier alpha value is -4.00. The van der Waals surface area contributed by atoms with Crippen molar-refractivity contribution in [3.05, 3.63) is 111 Å². The molecule has 0 radical (unpaired) electrons. The number of amides is 2. The third kappa shape index (κ3) is 6.99. The molecule has 3 rings (SSSR count). The first kappa shape index (κ1) is 25.6. The number of hydrogen-bond acceptors (Lipinski definition) is 4. The van der Waals surface area contributed by atoms with Gasteiger partial charge in [-0.3, -0.25) is 19.7 Å². The summed E-state index contributed by atoms with van der Waals surface area (Å²) in [6.45, 7) is 5.92. The van der Waals surface area contributed by atoms with Gasteiger partial charge in [0.15, 0.2) is 0 Å². The largest absolute Gasteiger partial charge is 0.352 e. The van der Waals surface area contributed by atoms with Crippen molar-refractivity contribution >= 4 is 17.5 Å². The van der Waals surface area contributed by atoms with Crippen molar-refractivity contribution in [1.29, 1.82) is 0 Å². The second kappa shape index (κ2) is 11.9. The highest BCUT2D eigenvalue weighted by Gasteiger charge is 2.32. The number of hydrogen-bond donors (Lipinski definition) is 1. The highest BCUT2D eigenvalue weighted by molar-refractivity contribution is 5.89. The zero-order valence-electron chi connectivity index (χ0n) is 20.3.